The monoisotopic (exact) mass is 320 g/mol. The number of carboxylic acids is 1. The molecule has 0 aliphatic carbocycles. The molecule has 1 fully saturated rings. The first-order valence-electron chi connectivity index (χ1n) is 7.97. The Morgan fingerprint density at radius 2 is 1.91 bits per heavy atom. The molecule has 0 radical (unpaired) electrons. The number of unbranched alkanes of at least 4 members (excludes halogenated alkanes) is 1. The van der Waals surface area contributed by atoms with Gasteiger partial charge in [0, 0.05) is 38.2 Å². The Morgan fingerprint density at radius 1 is 1.17 bits per heavy atom. The zero-order valence-corrected chi connectivity index (χ0v) is 13.5. The van der Waals surface area contributed by atoms with E-state index in [0.29, 0.717) is 30.8 Å². The number of carboxylic acid groups (broad SMARTS) is 1. The Hall–Kier alpha value is -2.08. The summed E-state index contributed by atoms with van der Waals surface area (Å²) in [5.74, 6) is -0.0129. The van der Waals surface area contributed by atoms with Crippen molar-refractivity contribution in [2.24, 2.45) is 0 Å². The number of benzene rings is 1. The number of piperazine rings is 1. The number of aliphatic carboxylic acids is 1. The summed E-state index contributed by atoms with van der Waals surface area (Å²) in [6.07, 6.45) is 1.82. The molecule has 1 aromatic rings. The Morgan fingerprint density at radius 3 is 2.57 bits per heavy atom. The molecule has 0 unspecified atom stereocenters. The van der Waals surface area contributed by atoms with E-state index in [2.05, 4.69) is 4.90 Å². The van der Waals surface area contributed by atoms with Crippen molar-refractivity contribution >= 4 is 11.9 Å². The molecule has 1 amide bonds. The van der Waals surface area contributed by atoms with Crippen LogP contribution in [0.1, 0.15) is 29.6 Å². The number of hydrogen-bond donors (Lipinski definition) is 1. The fourth-order valence-electron chi connectivity index (χ4n) is 2.72. The van der Waals surface area contributed by atoms with E-state index in [1.165, 1.54) is 0 Å². The topological polar surface area (TPSA) is 70.1 Å². The van der Waals surface area contributed by atoms with Crippen molar-refractivity contribution in [3.05, 3.63) is 29.8 Å². The number of carbonyl (C=O) groups is 2. The van der Waals surface area contributed by atoms with Crippen molar-refractivity contribution in [3.63, 3.8) is 0 Å². The molecule has 23 heavy (non-hydrogen) atoms. The molecule has 1 saturated heterocycles. The summed E-state index contributed by atoms with van der Waals surface area (Å²) in [6, 6.07) is 7.22. The first-order chi connectivity index (χ1) is 11.1. The van der Waals surface area contributed by atoms with Gasteiger partial charge in [0.25, 0.3) is 5.91 Å². The van der Waals surface area contributed by atoms with Crippen LogP contribution in [-0.4, -0.2) is 66.6 Å². The van der Waals surface area contributed by atoms with Crippen LogP contribution >= 0.6 is 0 Å². The third kappa shape index (κ3) is 5.25. The first-order valence-corrected chi connectivity index (χ1v) is 7.97. The standard InChI is InChI=1S/C17H24N2O4/c1-23-15-6-4-5-14(13-15)17(22)19-11-9-18(10-12-19)8-3-2-7-16(20)21/h4-6,13H,2-3,7-12H2,1H3,(H,20,21). The number of rotatable bonds is 7. The molecule has 1 aliphatic rings. The molecule has 0 spiro atoms. The number of ether oxygens (including phenoxy) is 1. The molecule has 6 heteroatoms. The third-order valence-corrected chi connectivity index (χ3v) is 4.09. The van der Waals surface area contributed by atoms with Crippen LogP contribution in [0.2, 0.25) is 0 Å². The van der Waals surface area contributed by atoms with Gasteiger partial charge in [0.05, 0.1) is 7.11 Å². The van der Waals surface area contributed by atoms with Crippen molar-refractivity contribution in [1.29, 1.82) is 0 Å². The molecule has 1 heterocycles. The fourth-order valence-corrected chi connectivity index (χ4v) is 2.72. The lowest BCUT2D eigenvalue weighted by atomic mass is 10.1. The molecule has 0 saturated carbocycles. The van der Waals surface area contributed by atoms with E-state index in [1.54, 1.807) is 13.2 Å². The summed E-state index contributed by atoms with van der Waals surface area (Å²) in [6.45, 7) is 3.98. The van der Waals surface area contributed by atoms with Crippen LogP contribution in [0.25, 0.3) is 0 Å². The van der Waals surface area contributed by atoms with Crippen molar-refractivity contribution in [2.45, 2.75) is 19.3 Å². The molecule has 2 rings (SSSR count). The van der Waals surface area contributed by atoms with Gasteiger partial charge in [-0.3, -0.25) is 14.5 Å². The highest BCUT2D eigenvalue weighted by Gasteiger charge is 2.22. The van der Waals surface area contributed by atoms with Crippen LogP contribution in [0.5, 0.6) is 5.75 Å². The van der Waals surface area contributed by atoms with Crippen molar-refractivity contribution < 1.29 is 19.4 Å². The van der Waals surface area contributed by atoms with Crippen molar-refractivity contribution in [1.82, 2.24) is 9.80 Å². The van der Waals surface area contributed by atoms with Crippen LogP contribution in [0, 0.1) is 0 Å². The molecule has 6 nitrogen and oxygen atoms in total. The Balaban J connectivity index is 1.77. The molecular weight excluding hydrogens is 296 g/mol. The zero-order valence-electron chi connectivity index (χ0n) is 13.5. The number of amides is 1. The maximum Gasteiger partial charge on any atom is 0.303 e. The second-order valence-electron chi connectivity index (χ2n) is 5.72. The zero-order chi connectivity index (χ0) is 16.7. The minimum Gasteiger partial charge on any atom is -0.497 e. The highest BCUT2D eigenvalue weighted by atomic mass is 16.5. The van der Waals surface area contributed by atoms with Crippen LogP contribution in [0.3, 0.4) is 0 Å². The smallest absolute Gasteiger partial charge is 0.303 e. The first kappa shape index (κ1) is 17.3. The Bertz CT molecular complexity index is 539. The second kappa shape index (κ2) is 8.53. The SMILES string of the molecule is COc1cccc(C(=O)N2CCN(CCCCC(=O)O)CC2)c1. The molecule has 1 aromatic carbocycles. The summed E-state index contributed by atoms with van der Waals surface area (Å²) in [7, 11) is 1.59. The predicted octanol–water partition coefficient (Wildman–Crippen LogP) is 1.71. The Labute approximate surface area is 136 Å². The van der Waals surface area contributed by atoms with Crippen LogP contribution in [-0.2, 0) is 4.79 Å². The lowest BCUT2D eigenvalue weighted by Gasteiger charge is -2.34. The summed E-state index contributed by atoms with van der Waals surface area (Å²) in [5.41, 5.74) is 0.652. The summed E-state index contributed by atoms with van der Waals surface area (Å²) >= 11 is 0. The minimum atomic E-state index is -0.737. The van der Waals surface area contributed by atoms with Gasteiger partial charge < -0.3 is 14.7 Å². The number of hydrogen-bond acceptors (Lipinski definition) is 4. The van der Waals surface area contributed by atoms with Crippen molar-refractivity contribution in [3.8, 4) is 5.75 Å². The van der Waals surface area contributed by atoms with Crippen molar-refractivity contribution in [2.75, 3.05) is 39.8 Å². The fraction of sp³-hybridized carbons (Fsp3) is 0.529. The highest BCUT2D eigenvalue weighted by molar-refractivity contribution is 5.94. The van der Waals surface area contributed by atoms with E-state index in [1.807, 2.05) is 23.1 Å². The molecular formula is C17H24N2O4. The Kier molecular flexibility index (Phi) is 6.40. The van der Waals surface area contributed by atoms with E-state index in [9.17, 15) is 9.59 Å². The molecule has 1 N–H and O–H groups in total. The van der Waals surface area contributed by atoms with E-state index in [4.69, 9.17) is 9.84 Å². The lowest BCUT2D eigenvalue weighted by molar-refractivity contribution is -0.137. The van der Waals surface area contributed by atoms with E-state index >= 15 is 0 Å². The average molecular weight is 320 g/mol. The van der Waals surface area contributed by atoms with Gasteiger partial charge in [-0.15, -0.1) is 0 Å². The number of nitrogens with zero attached hydrogens (tertiary/aromatic N) is 2. The maximum absolute atomic E-state index is 12.5. The van der Waals surface area contributed by atoms with Crippen LogP contribution < -0.4 is 4.74 Å². The molecule has 0 atom stereocenters. The van der Waals surface area contributed by atoms with E-state index < -0.39 is 5.97 Å². The molecule has 1 aliphatic heterocycles. The van der Waals surface area contributed by atoms with Gasteiger partial charge in [-0.05, 0) is 37.6 Å². The normalized spacial score (nSPS) is 15.4. The van der Waals surface area contributed by atoms with Gasteiger partial charge in [-0.2, -0.15) is 0 Å². The van der Waals surface area contributed by atoms with Gasteiger partial charge >= 0.3 is 5.97 Å². The van der Waals surface area contributed by atoms with Gasteiger partial charge in [0.15, 0.2) is 0 Å². The maximum atomic E-state index is 12.5. The van der Waals surface area contributed by atoms with Gasteiger partial charge in [0.1, 0.15) is 5.75 Å². The van der Waals surface area contributed by atoms with Crippen LogP contribution in [0.15, 0.2) is 24.3 Å². The second-order valence-corrected chi connectivity index (χ2v) is 5.72. The summed E-state index contributed by atoms with van der Waals surface area (Å²) in [5, 5.41) is 8.63. The summed E-state index contributed by atoms with van der Waals surface area (Å²) in [4.78, 5) is 27.1. The van der Waals surface area contributed by atoms with Gasteiger partial charge in [0.2, 0.25) is 0 Å². The third-order valence-electron chi connectivity index (χ3n) is 4.09. The average Bonchev–Trinajstić information content (AvgIpc) is 2.58. The highest BCUT2D eigenvalue weighted by Crippen LogP contribution is 2.15. The molecule has 0 bridgehead atoms. The molecule has 126 valence electrons. The quantitative estimate of drug-likeness (QED) is 0.775. The van der Waals surface area contributed by atoms with E-state index in [0.717, 1.165) is 26.1 Å². The number of carbonyl (C=O) groups excluding carboxylic acids is 1. The molecule has 0 aromatic heterocycles. The number of methoxy groups -OCH3 is 1. The summed E-state index contributed by atoms with van der Waals surface area (Å²) < 4.78 is 5.16. The van der Waals surface area contributed by atoms with Crippen LogP contribution in [0.4, 0.5) is 0 Å². The predicted molar refractivity (Wildman–Crippen MR) is 86.8 cm³/mol. The van der Waals surface area contributed by atoms with E-state index in [-0.39, 0.29) is 12.3 Å². The largest absolute Gasteiger partial charge is 0.497 e. The lowest BCUT2D eigenvalue weighted by Crippen LogP contribution is -2.48. The minimum absolute atomic E-state index is 0.0365. The van der Waals surface area contributed by atoms with Gasteiger partial charge in [-0.25, -0.2) is 0 Å². The van der Waals surface area contributed by atoms with Gasteiger partial charge in [-0.1, -0.05) is 6.07 Å².